The van der Waals surface area contributed by atoms with E-state index in [1.807, 2.05) is 28.9 Å². The molecule has 0 unspecified atom stereocenters. The van der Waals surface area contributed by atoms with Gasteiger partial charge in [0, 0.05) is 6.54 Å². The number of nitrogens with two attached hydrogens (primary N) is 1. The number of ether oxygens (including phenoxy) is 1. The molecule has 2 aromatic rings. The molecular formula is C13H18N4O. The van der Waals surface area contributed by atoms with E-state index in [9.17, 15) is 0 Å². The largest absolute Gasteiger partial charge is 0.494 e. The topological polar surface area (TPSA) is 66.0 Å². The Hall–Kier alpha value is -1.88. The van der Waals surface area contributed by atoms with E-state index in [-0.39, 0.29) is 0 Å². The summed E-state index contributed by atoms with van der Waals surface area (Å²) in [5.41, 5.74) is 8.50. The first-order valence-corrected chi connectivity index (χ1v) is 6.08. The van der Waals surface area contributed by atoms with Gasteiger partial charge >= 0.3 is 0 Å². The fourth-order valence-corrected chi connectivity index (χ4v) is 1.98. The van der Waals surface area contributed by atoms with Crippen LogP contribution < -0.4 is 10.5 Å². The smallest absolute Gasteiger partial charge is 0.144 e. The lowest BCUT2D eigenvalue weighted by atomic mass is 10.2. The summed E-state index contributed by atoms with van der Waals surface area (Å²) in [7, 11) is 1.65. The standard InChI is InChI=1S/C13H18N4O/c1-3-6-11-10(9-14)15-16-17(11)12-7-4-5-8-13(12)18-2/h4-5,7-8H,3,6,9,14H2,1-2H3. The summed E-state index contributed by atoms with van der Waals surface area (Å²) in [5.74, 6) is 0.781. The van der Waals surface area contributed by atoms with Crippen LogP contribution in [0.2, 0.25) is 0 Å². The molecule has 0 atom stereocenters. The molecule has 5 heteroatoms. The SMILES string of the molecule is CCCc1c(CN)nnn1-c1ccccc1OC. The number of hydrogen-bond donors (Lipinski definition) is 1. The van der Waals surface area contributed by atoms with Crippen molar-refractivity contribution >= 4 is 0 Å². The highest BCUT2D eigenvalue weighted by Gasteiger charge is 2.14. The number of rotatable bonds is 5. The molecule has 0 saturated heterocycles. The second kappa shape index (κ2) is 5.64. The molecule has 0 amide bonds. The van der Waals surface area contributed by atoms with Crippen LogP contribution in [0.25, 0.3) is 5.69 Å². The third-order valence-electron chi connectivity index (χ3n) is 2.84. The van der Waals surface area contributed by atoms with E-state index in [1.165, 1.54) is 0 Å². The lowest BCUT2D eigenvalue weighted by Gasteiger charge is -2.10. The van der Waals surface area contributed by atoms with Crippen molar-refractivity contribution in [1.82, 2.24) is 15.0 Å². The van der Waals surface area contributed by atoms with Gasteiger partial charge in [-0.15, -0.1) is 5.10 Å². The van der Waals surface area contributed by atoms with Gasteiger partial charge in [-0.25, -0.2) is 4.68 Å². The quantitative estimate of drug-likeness (QED) is 0.871. The molecule has 0 aliphatic heterocycles. The van der Waals surface area contributed by atoms with Gasteiger partial charge in [0.15, 0.2) is 0 Å². The van der Waals surface area contributed by atoms with E-state index in [0.717, 1.165) is 35.7 Å². The highest BCUT2D eigenvalue weighted by Crippen LogP contribution is 2.24. The summed E-state index contributed by atoms with van der Waals surface area (Å²) in [4.78, 5) is 0. The van der Waals surface area contributed by atoms with E-state index in [0.29, 0.717) is 6.54 Å². The number of para-hydroxylation sites is 2. The Labute approximate surface area is 107 Å². The zero-order valence-electron chi connectivity index (χ0n) is 10.8. The van der Waals surface area contributed by atoms with Crippen molar-refractivity contribution in [3.63, 3.8) is 0 Å². The maximum atomic E-state index is 5.70. The lowest BCUT2D eigenvalue weighted by molar-refractivity contribution is 0.411. The normalized spacial score (nSPS) is 10.6. The van der Waals surface area contributed by atoms with E-state index in [4.69, 9.17) is 10.5 Å². The van der Waals surface area contributed by atoms with Crippen LogP contribution in [-0.4, -0.2) is 22.1 Å². The molecule has 0 aliphatic rings. The minimum Gasteiger partial charge on any atom is -0.494 e. The molecule has 1 aromatic carbocycles. The first kappa shape index (κ1) is 12.6. The summed E-state index contributed by atoms with van der Waals surface area (Å²) >= 11 is 0. The summed E-state index contributed by atoms with van der Waals surface area (Å²) in [6.07, 6.45) is 1.92. The van der Waals surface area contributed by atoms with Crippen molar-refractivity contribution in [3.05, 3.63) is 35.7 Å². The molecule has 0 fully saturated rings. The van der Waals surface area contributed by atoms with Gasteiger partial charge in [0.1, 0.15) is 11.4 Å². The molecule has 0 spiro atoms. The van der Waals surface area contributed by atoms with Crippen molar-refractivity contribution in [2.75, 3.05) is 7.11 Å². The zero-order valence-corrected chi connectivity index (χ0v) is 10.8. The monoisotopic (exact) mass is 246 g/mol. The molecular weight excluding hydrogens is 228 g/mol. The zero-order chi connectivity index (χ0) is 13.0. The molecule has 96 valence electrons. The Morgan fingerprint density at radius 2 is 2.11 bits per heavy atom. The van der Waals surface area contributed by atoms with E-state index < -0.39 is 0 Å². The molecule has 0 saturated carbocycles. The van der Waals surface area contributed by atoms with Gasteiger partial charge in [-0.05, 0) is 18.6 Å². The number of hydrogen-bond acceptors (Lipinski definition) is 4. The van der Waals surface area contributed by atoms with Crippen LogP contribution in [0.15, 0.2) is 24.3 Å². The summed E-state index contributed by atoms with van der Waals surface area (Å²) in [6.45, 7) is 2.53. The molecule has 0 aliphatic carbocycles. The molecule has 18 heavy (non-hydrogen) atoms. The van der Waals surface area contributed by atoms with Crippen LogP contribution >= 0.6 is 0 Å². The minimum atomic E-state index is 0.407. The van der Waals surface area contributed by atoms with E-state index in [2.05, 4.69) is 17.2 Å². The third-order valence-corrected chi connectivity index (χ3v) is 2.84. The first-order chi connectivity index (χ1) is 8.81. The van der Waals surface area contributed by atoms with Crippen molar-refractivity contribution in [1.29, 1.82) is 0 Å². The maximum Gasteiger partial charge on any atom is 0.144 e. The van der Waals surface area contributed by atoms with Crippen molar-refractivity contribution in [2.45, 2.75) is 26.3 Å². The van der Waals surface area contributed by atoms with Gasteiger partial charge in [0.05, 0.1) is 18.5 Å². The average Bonchev–Trinajstić information content (AvgIpc) is 2.82. The summed E-state index contributed by atoms with van der Waals surface area (Å²) in [6, 6.07) is 7.77. The molecule has 0 bridgehead atoms. The highest BCUT2D eigenvalue weighted by molar-refractivity contribution is 5.47. The number of aromatic nitrogens is 3. The van der Waals surface area contributed by atoms with Crippen LogP contribution in [0.4, 0.5) is 0 Å². The van der Waals surface area contributed by atoms with Crippen LogP contribution in [0.5, 0.6) is 5.75 Å². The summed E-state index contributed by atoms with van der Waals surface area (Å²) < 4.78 is 7.18. The van der Waals surface area contributed by atoms with Gasteiger partial charge < -0.3 is 10.5 Å². The van der Waals surface area contributed by atoms with Crippen molar-refractivity contribution < 1.29 is 4.74 Å². The Morgan fingerprint density at radius 1 is 1.33 bits per heavy atom. The molecule has 2 rings (SSSR count). The predicted molar refractivity (Wildman–Crippen MR) is 69.8 cm³/mol. The van der Waals surface area contributed by atoms with Crippen LogP contribution in [0.1, 0.15) is 24.7 Å². The Balaban J connectivity index is 2.52. The molecule has 2 N–H and O–H groups in total. The van der Waals surface area contributed by atoms with Gasteiger partial charge in [-0.2, -0.15) is 0 Å². The van der Waals surface area contributed by atoms with Crippen LogP contribution in [-0.2, 0) is 13.0 Å². The predicted octanol–water partition coefficient (Wildman–Crippen LogP) is 1.69. The Morgan fingerprint density at radius 3 is 2.78 bits per heavy atom. The van der Waals surface area contributed by atoms with Gasteiger partial charge in [-0.3, -0.25) is 0 Å². The van der Waals surface area contributed by atoms with Crippen LogP contribution in [0.3, 0.4) is 0 Å². The molecule has 0 radical (unpaired) electrons. The second-order valence-corrected chi connectivity index (χ2v) is 4.02. The minimum absolute atomic E-state index is 0.407. The van der Waals surface area contributed by atoms with Gasteiger partial charge in [-0.1, -0.05) is 30.7 Å². The summed E-state index contributed by atoms with van der Waals surface area (Å²) in [5, 5.41) is 8.33. The first-order valence-electron chi connectivity index (χ1n) is 6.08. The molecule has 5 nitrogen and oxygen atoms in total. The van der Waals surface area contributed by atoms with Crippen molar-refractivity contribution in [2.24, 2.45) is 5.73 Å². The Kier molecular flexibility index (Phi) is 3.94. The average molecular weight is 246 g/mol. The van der Waals surface area contributed by atoms with Gasteiger partial charge in [0.25, 0.3) is 0 Å². The molecule has 1 aromatic heterocycles. The van der Waals surface area contributed by atoms with Crippen LogP contribution in [0, 0.1) is 0 Å². The number of methoxy groups -OCH3 is 1. The molecule has 1 heterocycles. The second-order valence-electron chi connectivity index (χ2n) is 4.02. The van der Waals surface area contributed by atoms with E-state index >= 15 is 0 Å². The van der Waals surface area contributed by atoms with E-state index in [1.54, 1.807) is 7.11 Å². The van der Waals surface area contributed by atoms with Gasteiger partial charge in [0.2, 0.25) is 0 Å². The number of nitrogens with zero attached hydrogens (tertiary/aromatic N) is 3. The number of benzene rings is 1. The fraction of sp³-hybridized carbons (Fsp3) is 0.385. The van der Waals surface area contributed by atoms with Crippen molar-refractivity contribution in [3.8, 4) is 11.4 Å². The third kappa shape index (κ3) is 2.22. The lowest BCUT2D eigenvalue weighted by Crippen LogP contribution is -2.07. The fourth-order valence-electron chi connectivity index (χ4n) is 1.98. The highest BCUT2D eigenvalue weighted by atomic mass is 16.5. The Bertz CT molecular complexity index is 521. The maximum absolute atomic E-state index is 5.70.